The van der Waals surface area contributed by atoms with Crippen LogP contribution >= 0.6 is 0 Å². The number of carbonyl (C=O) groups is 3. The Kier molecular flexibility index (Phi) is 5.58. The third-order valence-electron chi connectivity index (χ3n) is 4.08. The van der Waals surface area contributed by atoms with Gasteiger partial charge in [-0.15, -0.1) is 0 Å². The molecule has 0 aliphatic carbocycles. The van der Waals surface area contributed by atoms with Gasteiger partial charge in [0.1, 0.15) is 11.9 Å². The Balaban J connectivity index is 1.85. The number of amidine groups is 1. The maximum Gasteiger partial charge on any atom is 0.408 e. The van der Waals surface area contributed by atoms with Crippen molar-refractivity contribution < 1.29 is 19.5 Å². The number of rotatable bonds is 5. The Bertz CT molecular complexity index is 688. The molecule has 1 unspecified atom stereocenters. The van der Waals surface area contributed by atoms with Crippen LogP contribution in [0.1, 0.15) is 18.9 Å². The molecule has 2 rings (SSSR count). The van der Waals surface area contributed by atoms with E-state index < -0.39 is 12.1 Å². The smallest absolute Gasteiger partial charge is 0.408 e. The van der Waals surface area contributed by atoms with Crippen molar-refractivity contribution in [1.82, 2.24) is 9.80 Å². The largest absolute Gasteiger partial charge is 0.465 e. The third-order valence-corrected chi connectivity index (χ3v) is 4.08. The molecule has 1 aromatic rings. The number of hydrogen-bond donors (Lipinski definition) is 4. The summed E-state index contributed by atoms with van der Waals surface area (Å²) in [4.78, 5) is 37.8. The number of hydrogen-bond acceptors (Lipinski definition) is 4. The molecular formula is C16H21N5O4. The molecule has 0 aromatic heterocycles. The Morgan fingerprint density at radius 3 is 2.52 bits per heavy atom. The van der Waals surface area contributed by atoms with Crippen LogP contribution in [-0.2, 0) is 9.59 Å². The van der Waals surface area contributed by atoms with Gasteiger partial charge in [-0.25, -0.2) is 4.79 Å². The molecule has 9 nitrogen and oxygen atoms in total. The zero-order chi connectivity index (χ0) is 18.6. The molecule has 0 bridgehead atoms. The number of nitrogens with zero attached hydrogens (tertiary/aromatic N) is 2. The van der Waals surface area contributed by atoms with Crippen molar-refractivity contribution in [3.05, 3.63) is 29.8 Å². The maximum absolute atomic E-state index is 12.2. The number of carboxylic acid groups (broad SMARTS) is 1. The van der Waals surface area contributed by atoms with Crippen LogP contribution in [0.3, 0.4) is 0 Å². The van der Waals surface area contributed by atoms with Gasteiger partial charge in [-0.05, 0) is 31.2 Å². The van der Waals surface area contributed by atoms with Crippen molar-refractivity contribution in [2.75, 3.05) is 25.0 Å². The predicted molar refractivity (Wildman–Crippen MR) is 91.5 cm³/mol. The maximum atomic E-state index is 12.2. The van der Waals surface area contributed by atoms with Crippen LogP contribution in [0.5, 0.6) is 0 Å². The average molecular weight is 347 g/mol. The zero-order valence-corrected chi connectivity index (χ0v) is 13.9. The fourth-order valence-corrected chi connectivity index (χ4v) is 2.61. The average Bonchev–Trinajstić information content (AvgIpc) is 2.56. The summed E-state index contributed by atoms with van der Waals surface area (Å²) in [5.41, 5.74) is 6.50. The number of nitrogen functional groups attached to an aromatic ring is 1. The van der Waals surface area contributed by atoms with Crippen LogP contribution in [0.25, 0.3) is 0 Å². The zero-order valence-electron chi connectivity index (χ0n) is 13.9. The minimum atomic E-state index is -1.12. The predicted octanol–water partition coefficient (Wildman–Crippen LogP) is 0.510. The number of anilines is 1. The Hall–Kier alpha value is -3.10. The first-order chi connectivity index (χ1) is 11.8. The van der Waals surface area contributed by atoms with Crippen molar-refractivity contribution in [2.45, 2.75) is 19.4 Å². The normalized spacial score (nSPS) is 17.3. The van der Waals surface area contributed by atoms with Gasteiger partial charge in [0.05, 0.1) is 0 Å². The fraction of sp³-hybridized carbons (Fsp3) is 0.375. The molecule has 5 N–H and O–H groups in total. The quantitative estimate of drug-likeness (QED) is 0.454. The minimum Gasteiger partial charge on any atom is -0.465 e. The summed E-state index contributed by atoms with van der Waals surface area (Å²) in [6.45, 7) is 2.28. The van der Waals surface area contributed by atoms with Crippen LogP contribution in [0.2, 0.25) is 0 Å². The van der Waals surface area contributed by atoms with E-state index in [0.717, 1.165) is 4.90 Å². The van der Waals surface area contributed by atoms with Gasteiger partial charge in [-0.3, -0.25) is 19.9 Å². The van der Waals surface area contributed by atoms with Crippen molar-refractivity contribution in [3.8, 4) is 0 Å². The van der Waals surface area contributed by atoms with Crippen molar-refractivity contribution in [2.24, 2.45) is 5.73 Å². The molecule has 0 spiro atoms. The lowest BCUT2D eigenvalue weighted by molar-refractivity contribution is -0.140. The van der Waals surface area contributed by atoms with E-state index in [1.165, 1.54) is 4.90 Å². The first-order valence-electron chi connectivity index (χ1n) is 7.82. The highest BCUT2D eigenvalue weighted by Crippen LogP contribution is 2.13. The molecule has 9 heteroatoms. The van der Waals surface area contributed by atoms with Crippen molar-refractivity contribution in [1.29, 1.82) is 5.41 Å². The second kappa shape index (κ2) is 7.65. The van der Waals surface area contributed by atoms with Crippen LogP contribution in [0.15, 0.2) is 24.3 Å². The SMILES string of the molecule is CC1C(=O)N(CCC(=O)Nc2ccc(C(=N)N)cc2)CCN1C(=O)O. The Morgan fingerprint density at radius 1 is 1.32 bits per heavy atom. The van der Waals surface area contributed by atoms with Gasteiger partial charge in [0.15, 0.2) is 0 Å². The standard InChI is InChI=1S/C16H21N5O4/c1-10-15(23)20(8-9-21(10)16(24)25)7-6-13(22)19-12-4-2-11(3-5-12)14(17)18/h2-5,10H,6-9H2,1H3,(H3,17,18)(H,19,22)(H,24,25). The molecule has 1 saturated heterocycles. The summed E-state index contributed by atoms with van der Waals surface area (Å²) in [6.07, 6.45) is -1.01. The number of nitrogens with two attached hydrogens (primary N) is 1. The summed E-state index contributed by atoms with van der Waals surface area (Å²) in [5, 5.41) is 19.0. The number of carbonyl (C=O) groups excluding carboxylic acids is 2. The van der Waals surface area contributed by atoms with Gasteiger partial charge < -0.3 is 21.1 Å². The number of benzene rings is 1. The van der Waals surface area contributed by atoms with Crippen molar-refractivity contribution in [3.63, 3.8) is 0 Å². The summed E-state index contributed by atoms with van der Waals surface area (Å²) < 4.78 is 0. The second-order valence-corrected chi connectivity index (χ2v) is 5.77. The summed E-state index contributed by atoms with van der Waals surface area (Å²) in [6, 6.07) is 5.82. The van der Waals surface area contributed by atoms with Crippen molar-refractivity contribution >= 4 is 29.4 Å². The Labute approximate surface area is 144 Å². The molecule has 0 radical (unpaired) electrons. The highest BCUT2D eigenvalue weighted by molar-refractivity contribution is 5.96. The van der Waals surface area contributed by atoms with E-state index >= 15 is 0 Å². The molecule has 1 aliphatic heterocycles. The molecule has 1 fully saturated rings. The van der Waals surface area contributed by atoms with Crippen LogP contribution < -0.4 is 11.1 Å². The van der Waals surface area contributed by atoms with Gasteiger partial charge in [0, 0.05) is 37.3 Å². The highest BCUT2D eigenvalue weighted by Gasteiger charge is 2.34. The number of piperazine rings is 1. The first-order valence-corrected chi connectivity index (χ1v) is 7.82. The van der Waals surface area contributed by atoms with Gasteiger partial charge in [-0.2, -0.15) is 0 Å². The van der Waals surface area contributed by atoms with E-state index in [4.69, 9.17) is 16.2 Å². The highest BCUT2D eigenvalue weighted by atomic mass is 16.4. The third kappa shape index (κ3) is 4.46. The Morgan fingerprint density at radius 2 is 1.96 bits per heavy atom. The molecule has 1 aliphatic rings. The van der Waals surface area contributed by atoms with E-state index in [1.807, 2.05) is 0 Å². The molecular weight excluding hydrogens is 326 g/mol. The lowest BCUT2D eigenvalue weighted by Gasteiger charge is -2.37. The van der Waals surface area contributed by atoms with Gasteiger partial charge in [-0.1, -0.05) is 0 Å². The molecule has 25 heavy (non-hydrogen) atoms. The minimum absolute atomic E-state index is 0.0500. The molecule has 1 heterocycles. The summed E-state index contributed by atoms with van der Waals surface area (Å²) in [7, 11) is 0. The summed E-state index contributed by atoms with van der Waals surface area (Å²) >= 11 is 0. The molecule has 1 atom stereocenters. The molecule has 0 saturated carbocycles. The first kappa shape index (κ1) is 18.2. The topological polar surface area (TPSA) is 140 Å². The molecule has 134 valence electrons. The van der Waals surface area contributed by atoms with E-state index in [1.54, 1.807) is 31.2 Å². The van der Waals surface area contributed by atoms with Crippen LogP contribution in [0.4, 0.5) is 10.5 Å². The van der Waals surface area contributed by atoms with Crippen LogP contribution in [0, 0.1) is 5.41 Å². The van der Waals surface area contributed by atoms with Gasteiger partial charge in [0.25, 0.3) is 0 Å². The van der Waals surface area contributed by atoms with Gasteiger partial charge in [0.2, 0.25) is 11.8 Å². The molecule has 1 aromatic carbocycles. The number of nitrogens with one attached hydrogen (secondary N) is 2. The summed E-state index contributed by atoms with van der Waals surface area (Å²) in [5.74, 6) is -0.602. The van der Waals surface area contributed by atoms with Gasteiger partial charge >= 0.3 is 6.09 Å². The lowest BCUT2D eigenvalue weighted by atomic mass is 10.1. The fourth-order valence-electron chi connectivity index (χ4n) is 2.61. The van der Waals surface area contributed by atoms with E-state index in [-0.39, 0.29) is 43.7 Å². The lowest BCUT2D eigenvalue weighted by Crippen LogP contribution is -2.57. The second-order valence-electron chi connectivity index (χ2n) is 5.77. The van der Waals surface area contributed by atoms with E-state index in [9.17, 15) is 14.4 Å². The number of amides is 3. The van der Waals surface area contributed by atoms with Crippen LogP contribution in [-0.4, -0.2) is 64.3 Å². The van der Waals surface area contributed by atoms with E-state index in [2.05, 4.69) is 5.32 Å². The molecule has 3 amide bonds. The monoisotopic (exact) mass is 347 g/mol. The van der Waals surface area contributed by atoms with E-state index in [0.29, 0.717) is 11.3 Å².